The number of anilines is 1. The van der Waals surface area contributed by atoms with E-state index in [1.54, 1.807) is 0 Å². The Labute approximate surface area is 410 Å². The number of rotatable bonds is 13. The minimum absolute atomic E-state index is 0.0132. The molecule has 2 aliphatic carbocycles. The first-order chi connectivity index (χ1) is 34.4. The van der Waals surface area contributed by atoms with Crippen molar-refractivity contribution in [2.45, 2.75) is 16.7 Å². The second-order valence-corrected chi connectivity index (χ2v) is 19.3. The summed E-state index contributed by atoms with van der Waals surface area (Å²) in [6.07, 6.45) is 7.67. The molecule has 0 fully saturated rings. The summed E-state index contributed by atoms with van der Waals surface area (Å²) in [6, 6.07) is 17.7. The highest BCUT2D eigenvalue weighted by Crippen LogP contribution is 2.37. The van der Waals surface area contributed by atoms with Gasteiger partial charge in [-0.1, -0.05) is 24.3 Å². The summed E-state index contributed by atoms with van der Waals surface area (Å²) in [5.41, 5.74) is 0.847. The zero-order valence-electron chi connectivity index (χ0n) is 36.7. The number of aromatic amines is 1. The monoisotopic (exact) mass is 1050 g/mol. The lowest BCUT2D eigenvalue weighted by Crippen LogP contribution is -2.36. The van der Waals surface area contributed by atoms with Crippen LogP contribution >= 0.6 is 0 Å². The quantitative estimate of drug-likeness (QED) is 0.0159. The molecule has 0 amide bonds. The smallest absolute Gasteiger partial charge is 0.407 e. The first-order valence-corrected chi connectivity index (χ1v) is 24.6. The van der Waals surface area contributed by atoms with Crippen LogP contribution in [0, 0.1) is 0 Å². The van der Waals surface area contributed by atoms with Crippen LogP contribution in [0.25, 0.3) is 16.7 Å². The van der Waals surface area contributed by atoms with E-state index < -0.39 is 74.4 Å². The largest absolute Gasteiger partial charge is 0.505 e. The molecule has 73 heavy (non-hydrogen) atoms. The number of pyridine rings is 1. The third kappa shape index (κ3) is 11.2. The van der Waals surface area contributed by atoms with E-state index in [1.807, 2.05) is 0 Å². The fourth-order valence-electron chi connectivity index (χ4n) is 7.01. The molecular formula is C44H32N11O15S3+. The second kappa shape index (κ2) is 19.5. The number of hydrogen-bond acceptors (Lipinski definition) is 18. The van der Waals surface area contributed by atoms with Gasteiger partial charge in [0.25, 0.3) is 36.0 Å². The number of aliphatic imine (C=N–C) groups is 2. The third-order valence-electron chi connectivity index (χ3n) is 10.1. The van der Waals surface area contributed by atoms with Crippen LogP contribution in [0.4, 0.5) is 34.4 Å². The van der Waals surface area contributed by atoms with Gasteiger partial charge < -0.3 is 20.4 Å². The third-order valence-corrected chi connectivity index (χ3v) is 12.8. The van der Waals surface area contributed by atoms with Crippen molar-refractivity contribution < 1.29 is 73.5 Å². The highest BCUT2D eigenvalue weighted by molar-refractivity contribution is 7.91. The fraction of sp³-hybridized carbons (Fsp3) is 0.0227. The lowest BCUT2D eigenvalue weighted by Gasteiger charge is -2.20. The Bertz CT molecular complexity index is 4080. The van der Waals surface area contributed by atoms with Gasteiger partial charge in [0.05, 0.1) is 52.0 Å². The second-order valence-electron chi connectivity index (χ2n) is 15.1. The van der Waals surface area contributed by atoms with Gasteiger partial charge in [-0.05, 0) is 95.5 Å². The highest BCUT2D eigenvalue weighted by atomic mass is 32.2. The van der Waals surface area contributed by atoms with Crippen LogP contribution in [0.1, 0.15) is 27.6 Å². The maximum atomic E-state index is 12.6. The number of azo groups is 1. The number of nitrogens with zero attached hydrogens (tertiary/aromatic N) is 9. The molecule has 0 saturated carbocycles. The number of carbonyl (C=O) groups is 2. The predicted octanol–water partition coefficient (Wildman–Crippen LogP) is 6.01. The number of carboxylic acid groups (broad SMARTS) is 2. The Hall–Kier alpha value is -9.26. The number of H-pyrrole nitrogens is 1. The van der Waals surface area contributed by atoms with Crippen LogP contribution in [-0.4, -0.2) is 104 Å². The minimum atomic E-state index is -5.09. The van der Waals surface area contributed by atoms with Crippen molar-refractivity contribution in [3.05, 3.63) is 160 Å². The van der Waals surface area contributed by atoms with Gasteiger partial charge in [0, 0.05) is 23.3 Å². The predicted molar refractivity (Wildman–Crippen MR) is 258 cm³/mol. The number of hydrazone groups is 1. The number of allylic oxidation sites excluding steroid dienone is 7. The summed E-state index contributed by atoms with van der Waals surface area (Å²) in [7, 11) is -15.0. The maximum Gasteiger partial charge on any atom is 0.407 e. The highest BCUT2D eigenvalue weighted by Gasteiger charge is 2.32. The number of para-hydroxylation sites is 1. The number of aliphatic hydroxyl groups excluding tert-OH is 2. The van der Waals surface area contributed by atoms with Gasteiger partial charge in [0.15, 0.2) is 11.7 Å². The van der Waals surface area contributed by atoms with Crippen LogP contribution in [0.2, 0.25) is 0 Å². The molecule has 0 unspecified atom stereocenters. The summed E-state index contributed by atoms with van der Waals surface area (Å²) < 4.78 is 106. The van der Waals surface area contributed by atoms with Gasteiger partial charge in [-0.25, -0.2) is 24.1 Å². The molecule has 2 heterocycles. The summed E-state index contributed by atoms with van der Waals surface area (Å²) in [6.45, 7) is 1.23. The van der Waals surface area contributed by atoms with E-state index in [4.69, 9.17) is 0 Å². The van der Waals surface area contributed by atoms with E-state index >= 15 is 0 Å². The number of nitrogens with one attached hydrogen (secondary N) is 2. The number of benzene rings is 4. The molecule has 4 aromatic carbocycles. The van der Waals surface area contributed by atoms with E-state index in [0.717, 1.165) is 30.3 Å². The zero-order valence-corrected chi connectivity index (χ0v) is 39.1. The molecule has 0 saturated heterocycles. The Kier molecular flexibility index (Phi) is 13.4. The van der Waals surface area contributed by atoms with E-state index in [9.17, 15) is 68.9 Å². The Morgan fingerprint density at radius 2 is 1.47 bits per heavy atom. The molecule has 8 rings (SSSR count). The molecule has 29 heteroatoms. The van der Waals surface area contributed by atoms with E-state index in [0.29, 0.717) is 0 Å². The number of fused-ring (bicyclic) bond motifs is 2. The van der Waals surface area contributed by atoms with Crippen molar-refractivity contribution in [3.8, 4) is 5.95 Å². The molecule has 2 aromatic heterocycles. The summed E-state index contributed by atoms with van der Waals surface area (Å²) in [4.78, 5) is 46.0. The molecule has 0 atom stereocenters. The van der Waals surface area contributed by atoms with Gasteiger partial charge in [-0.3, -0.25) is 19.1 Å². The fourth-order valence-corrected chi connectivity index (χ4v) is 9.10. The number of aromatic nitrogens is 4. The molecule has 0 radical (unpaired) electrons. The van der Waals surface area contributed by atoms with Crippen molar-refractivity contribution >= 4 is 105 Å². The van der Waals surface area contributed by atoms with Crippen LogP contribution in [0.15, 0.2) is 184 Å². The SMILES string of the molecule is CC(O)=Nc1cc(N=c2nc(N=C3C=CC4=C(O)C(=NNc5ccccc5C(=O)O)C(S(=O)(=O)O)=CC4=C3)nc(-[n+]3cccc(C(=O)O)c3)[nH]2)ccc1N=Nc1cc(S(=O)(=O)O)c2cccc(S(=O)(=O)O)c2c1. The molecule has 2 aliphatic rings. The number of aromatic carboxylic acids is 2. The molecule has 6 aromatic rings. The summed E-state index contributed by atoms with van der Waals surface area (Å²) in [5, 5.41) is 52.2. The molecule has 0 spiro atoms. The summed E-state index contributed by atoms with van der Waals surface area (Å²) in [5.74, 6) is -4.19. The van der Waals surface area contributed by atoms with Gasteiger partial charge in [-0.2, -0.15) is 45.5 Å². The molecular weight excluding hydrogens is 1020 g/mol. The molecule has 0 aliphatic heterocycles. The van der Waals surface area contributed by atoms with Crippen molar-refractivity contribution in [3.63, 3.8) is 0 Å². The average Bonchev–Trinajstić information content (AvgIpc) is 3.31. The van der Waals surface area contributed by atoms with Gasteiger partial charge in [-0.15, -0.1) is 10.1 Å². The van der Waals surface area contributed by atoms with Gasteiger partial charge >= 0.3 is 23.8 Å². The van der Waals surface area contributed by atoms with E-state index in [1.165, 1.54) is 103 Å². The maximum absolute atomic E-state index is 12.6. The van der Waals surface area contributed by atoms with E-state index in [-0.39, 0.29) is 84.7 Å². The minimum Gasteiger partial charge on any atom is -0.505 e. The lowest BCUT2D eigenvalue weighted by molar-refractivity contribution is -0.604. The van der Waals surface area contributed by atoms with Crippen molar-refractivity contribution in [2.24, 2.45) is 30.3 Å². The van der Waals surface area contributed by atoms with Crippen molar-refractivity contribution in [1.82, 2.24) is 15.0 Å². The molecule has 9 N–H and O–H groups in total. The van der Waals surface area contributed by atoms with Gasteiger partial charge in [0.2, 0.25) is 0 Å². The molecule has 370 valence electrons. The van der Waals surface area contributed by atoms with Crippen molar-refractivity contribution in [2.75, 3.05) is 5.43 Å². The lowest BCUT2D eigenvalue weighted by atomic mass is 9.91. The Balaban J connectivity index is 1.21. The Morgan fingerprint density at radius 3 is 2.16 bits per heavy atom. The van der Waals surface area contributed by atoms with Crippen molar-refractivity contribution in [1.29, 1.82) is 0 Å². The average molecular weight is 1050 g/mol. The number of aliphatic hydroxyl groups is 2. The topological polar surface area (TPSA) is 410 Å². The molecule has 0 bridgehead atoms. The zero-order chi connectivity index (χ0) is 52.6. The number of hydrogen-bond donors (Lipinski definition) is 9. The van der Waals surface area contributed by atoms with Crippen LogP contribution in [0.3, 0.4) is 0 Å². The standard InChI is InChI=1S/C44H31N11O15S3/c1-22(56)45-34-19-26(12-14-33(34)53-51-27-18-31-29(36(20-27)72(65,66)67)8-4-10-35(31)71(62,63)64)47-43-48-42(49-44(50-43)55-15-5-6-23(21-55)40(58)59)46-25-11-13-28-24(16-25)17-37(73(68,69)70)38(39(28)57)54-52-32-9-3-2-7-30(32)41(60)61/h2-21H,1H3,(H8-,45,46,47,48,49,50,51,52,56,57,58,59,60,61,62,63,64,65,66,67,68,69,70)/p+1. The van der Waals surface area contributed by atoms with Crippen LogP contribution < -0.4 is 15.6 Å². The normalized spacial score (nSPS) is 15.7. The first kappa shape index (κ1) is 50.1. The van der Waals surface area contributed by atoms with Crippen LogP contribution in [-0.2, 0) is 30.4 Å². The number of carboxylic acids is 2. The van der Waals surface area contributed by atoms with Gasteiger partial charge in [0.1, 0.15) is 26.1 Å². The molecule has 26 nitrogen and oxygen atoms in total. The van der Waals surface area contributed by atoms with Crippen LogP contribution in [0.5, 0.6) is 0 Å². The van der Waals surface area contributed by atoms with E-state index in [2.05, 4.69) is 50.7 Å². The summed E-state index contributed by atoms with van der Waals surface area (Å²) >= 11 is 0. The Morgan fingerprint density at radius 1 is 0.712 bits per heavy atom. The first-order valence-electron chi connectivity index (χ1n) is 20.3.